The van der Waals surface area contributed by atoms with Crippen LogP contribution < -0.4 is 19.9 Å². The van der Waals surface area contributed by atoms with Gasteiger partial charge in [0.25, 0.3) is 17.4 Å². The number of carbonyl (C=O) groups excluding carboxylic acids is 3. The summed E-state index contributed by atoms with van der Waals surface area (Å²) in [6, 6.07) is 27.2. The molecule has 0 aliphatic heterocycles. The number of benzene rings is 4. The number of hydrogen-bond donors (Lipinski definition) is 0. The van der Waals surface area contributed by atoms with E-state index in [-0.39, 0.29) is 33.7 Å². The van der Waals surface area contributed by atoms with Gasteiger partial charge in [-0.1, -0.05) is 54.1 Å². The van der Waals surface area contributed by atoms with E-state index in [4.69, 9.17) is 21.1 Å². The number of halogens is 1. The van der Waals surface area contributed by atoms with E-state index < -0.39 is 28.9 Å². The van der Waals surface area contributed by atoms with Crippen molar-refractivity contribution in [3.05, 3.63) is 135 Å². The average molecular weight is 567 g/mol. The minimum Gasteiger partial charge on any atom is -0.496 e. The zero-order chi connectivity index (χ0) is 29.1. The summed E-state index contributed by atoms with van der Waals surface area (Å²) < 4.78 is 12.6. The smallest absolute Gasteiger partial charge is 0.343 e. The molecule has 204 valence electrons. The van der Waals surface area contributed by atoms with E-state index in [9.17, 15) is 19.2 Å². The Labute approximate surface area is 239 Å². The molecule has 0 unspecified atom stereocenters. The molecule has 0 fully saturated rings. The predicted molar refractivity (Wildman–Crippen MR) is 156 cm³/mol. The van der Waals surface area contributed by atoms with Crippen molar-refractivity contribution in [3.8, 4) is 11.5 Å². The first-order chi connectivity index (χ1) is 19.8. The molecule has 8 nitrogen and oxygen atoms in total. The van der Waals surface area contributed by atoms with Crippen molar-refractivity contribution >= 4 is 46.0 Å². The fraction of sp³-hybridized carbons (Fsp3) is 0.0625. The molecule has 4 aromatic carbocycles. The SMILES string of the molecule is COc1cccc2c1c(OC(=O)c1ccccc1)c(C(=O)N(C(=O)c1ccccc1)c1ccc(Cl)cc1)c(=O)n2C. The van der Waals surface area contributed by atoms with Crippen LogP contribution in [0.2, 0.25) is 5.02 Å². The van der Waals surface area contributed by atoms with E-state index in [2.05, 4.69) is 0 Å². The zero-order valence-corrected chi connectivity index (χ0v) is 22.8. The van der Waals surface area contributed by atoms with Gasteiger partial charge < -0.3 is 14.0 Å². The summed E-state index contributed by atoms with van der Waals surface area (Å²) >= 11 is 6.08. The van der Waals surface area contributed by atoms with Crippen LogP contribution in [0.5, 0.6) is 11.5 Å². The Morgan fingerprint density at radius 2 is 1.37 bits per heavy atom. The van der Waals surface area contributed by atoms with E-state index >= 15 is 0 Å². The molecule has 0 saturated heterocycles. The molecule has 0 N–H and O–H groups in total. The van der Waals surface area contributed by atoms with Crippen molar-refractivity contribution in [1.29, 1.82) is 0 Å². The number of aryl methyl sites for hydroxylation is 1. The summed E-state index contributed by atoms with van der Waals surface area (Å²) in [6.45, 7) is 0. The van der Waals surface area contributed by atoms with E-state index in [1.165, 1.54) is 43.0 Å². The van der Waals surface area contributed by atoms with Crippen molar-refractivity contribution in [2.24, 2.45) is 7.05 Å². The van der Waals surface area contributed by atoms with Crippen LogP contribution in [0.3, 0.4) is 0 Å². The predicted octanol–water partition coefficient (Wildman–Crippen LogP) is 5.91. The molecule has 9 heteroatoms. The third-order valence-corrected chi connectivity index (χ3v) is 6.74. The number of pyridine rings is 1. The van der Waals surface area contributed by atoms with Gasteiger partial charge in [-0.3, -0.25) is 14.4 Å². The number of rotatable bonds is 6. The van der Waals surface area contributed by atoms with E-state index in [0.717, 1.165) is 4.90 Å². The van der Waals surface area contributed by atoms with Gasteiger partial charge in [0.05, 0.1) is 29.3 Å². The van der Waals surface area contributed by atoms with Gasteiger partial charge in [0, 0.05) is 17.6 Å². The Bertz CT molecular complexity index is 1830. The lowest BCUT2D eigenvalue weighted by Crippen LogP contribution is -2.41. The molecule has 0 aliphatic carbocycles. The first-order valence-corrected chi connectivity index (χ1v) is 12.9. The third-order valence-electron chi connectivity index (χ3n) is 6.49. The molecule has 2 amide bonds. The average Bonchev–Trinajstić information content (AvgIpc) is 3.01. The van der Waals surface area contributed by atoms with Crippen LogP contribution in [-0.2, 0) is 7.05 Å². The maximum absolute atomic E-state index is 14.4. The molecular weight excluding hydrogens is 544 g/mol. The highest BCUT2D eigenvalue weighted by Gasteiger charge is 2.34. The second-order valence-corrected chi connectivity index (χ2v) is 9.40. The van der Waals surface area contributed by atoms with Crippen molar-refractivity contribution in [2.75, 3.05) is 12.0 Å². The molecule has 0 atom stereocenters. The van der Waals surface area contributed by atoms with Gasteiger partial charge in [-0.2, -0.15) is 0 Å². The lowest BCUT2D eigenvalue weighted by atomic mass is 10.1. The van der Waals surface area contributed by atoms with Gasteiger partial charge >= 0.3 is 5.97 Å². The highest BCUT2D eigenvalue weighted by molar-refractivity contribution is 6.31. The number of nitrogens with zero attached hydrogens (tertiary/aromatic N) is 2. The Kier molecular flexibility index (Phi) is 7.67. The largest absolute Gasteiger partial charge is 0.496 e. The standard InChI is InChI=1S/C32H23ClN2O6/c1-34-24-14-9-15-25(40-2)26(24)28(41-32(39)21-12-7-4-8-13-21)27(30(34)37)31(38)35(23-18-16-22(33)17-19-23)29(36)20-10-5-3-6-11-20/h3-19H,1-2H3. The molecule has 0 bridgehead atoms. The summed E-state index contributed by atoms with van der Waals surface area (Å²) in [5.41, 5.74) is -0.372. The molecule has 0 aliphatic rings. The topological polar surface area (TPSA) is 94.9 Å². The first-order valence-electron chi connectivity index (χ1n) is 12.5. The normalized spacial score (nSPS) is 10.7. The molecular formula is C32H23ClN2O6. The summed E-state index contributed by atoms with van der Waals surface area (Å²) in [5.74, 6) is -2.55. The van der Waals surface area contributed by atoms with Crippen LogP contribution in [0.1, 0.15) is 31.1 Å². The number of hydrogen-bond acceptors (Lipinski definition) is 6. The van der Waals surface area contributed by atoms with Crippen LogP contribution in [0, 0.1) is 0 Å². The number of methoxy groups -OCH3 is 1. The Balaban J connectivity index is 1.79. The summed E-state index contributed by atoms with van der Waals surface area (Å²) in [5, 5.41) is 0.602. The maximum atomic E-state index is 14.4. The van der Waals surface area contributed by atoms with E-state index in [1.54, 1.807) is 78.9 Å². The van der Waals surface area contributed by atoms with Crippen molar-refractivity contribution in [1.82, 2.24) is 4.57 Å². The Morgan fingerprint density at radius 1 is 0.756 bits per heavy atom. The lowest BCUT2D eigenvalue weighted by Gasteiger charge is -2.23. The number of esters is 1. The Hall–Kier alpha value is -5.21. The minimum atomic E-state index is -0.995. The lowest BCUT2D eigenvalue weighted by molar-refractivity contribution is 0.0734. The van der Waals surface area contributed by atoms with Gasteiger partial charge in [-0.15, -0.1) is 0 Å². The van der Waals surface area contributed by atoms with Crippen molar-refractivity contribution in [2.45, 2.75) is 0 Å². The van der Waals surface area contributed by atoms with Crippen LogP contribution in [0.15, 0.2) is 108 Å². The fourth-order valence-corrected chi connectivity index (χ4v) is 4.58. The number of amides is 2. The monoisotopic (exact) mass is 566 g/mol. The molecule has 1 heterocycles. The summed E-state index contributed by atoms with van der Waals surface area (Å²) in [6.07, 6.45) is 0. The highest BCUT2D eigenvalue weighted by atomic mass is 35.5. The highest BCUT2D eigenvalue weighted by Crippen LogP contribution is 2.37. The molecule has 0 saturated carbocycles. The first kappa shape index (κ1) is 27.4. The summed E-state index contributed by atoms with van der Waals surface area (Å²) in [7, 11) is 2.90. The second-order valence-electron chi connectivity index (χ2n) is 8.97. The molecule has 0 spiro atoms. The fourth-order valence-electron chi connectivity index (χ4n) is 4.45. The number of imide groups is 1. The molecule has 5 rings (SSSR count). The van der Waals surface area contributed by atoms with Gasteiger partial charge in [-0.05, 0) is 60.7 Å². The number of anilines is 1. The summed E-state index contributed by atoms with van der Waals surface area (Å²) in [4.78, 5) is 56.3. The number of ether oxygens (including phenoxy) is 2. The Morgan fingerprint density at radius 3 is 1.98 bits per heavy atom. The number of aromatic nitrogens is 1. The van der Waals surface area contributed by atoms with Crippen molar-refractivity contribution in [3.63, 3.8) is 0 Å². The maximum Gasteiger partial charge on any atom is 0.343 e. The minimum absolute atomic E-state index is 0.163. The number of carbonyl (C=O) groups is 3. The molecule has 1 aromatic heterocycles. The zero-order valence-electron chi connectivity index (χ0n) is 22.0. The van der Waals surface area contributed by atoms with Crippen LogP contribution in [-0.4, -0.2) is 29.5 Å². The van der Waals surface area contributed by atoms with Gasteiger partial charge in [0.2, 0.25) is 0 Å². The quantitative estimate of drug-likeness (QED) is 0.187. The van der Waals surface area contributed by atoms with Gasteiger partial charge in [0.15, 0.2) is 5.75 Å². The van der Waals surface area contributed by atoms with Crippen LogP contribution >= 0.6 is 11.6 Å². The van der Waals surface area contributed by atoms with E-state index in [1.807, 2.05) is 0 Å². The number of fused-ring (bicyclic) bond motifs is 1. The van der Waals surface area contributed by atoms with Gasteiger partial charge in [-0.25, -0.2) is 9.69 Å². The van der Waals surface area contributed by atoms with E-state index in [0.29, 0.717) is 10.5 Å². The van der Waals surface area contributed by atoms with Gasteiger partial charge in [0.1, 0.15) is 11.3 Å². The molecule has 41 heavy (non-hydrogen) atoms. The third kappa shape index (κ3) is 5.20. The van der Waals surface area contributed by atoms with Crippen molar-refractivity contribution < 1.29 is 23.9 Å². The molecule has 0 radical (unpaired) electrons. The second kappa shape index (κ2) is 11.5. The molecule has 5 aromatic rings. The van der Waals surface area contributed by atoms with Crippen LogP contribution in [0.25, 0.3) is 10.9 Å². The van der Waals surface area contributed by atoms with Crippen LogP contribution in [0.4, 0.5) is 5.69 Å².